The Morgan fingerprint density at radius 2 is 1.91 bits per heavy atom. The minimum atomic E-state index is -0.501. The van der Waals surface area contributed by atoms with Crippen LogP contribution in [0.1, 0.15) is 4.88 Å². The molecule has 0 bridgehead atoms. The summed E-state index contributed by atoms with van der Waals surface area (Å²) in [6, 6.07) is 18.6. The fourth-order valence-corrected chi connectivity index (χ4v) is 5.18. The number of aromatic nitrogens is 1. The minimum absolute atomic E-state index is 0.0272. The van der Waals surface area contributed by atoms with Gasteiger partial charge in [-0.15, -0.1) is 22.7 Å². The molecule has 4 aromatic rings. The molecule has 0 atom stereocenters. The van der Waals surface area contributed by atoms with Gasteiger partial charge in [0.2, 0.25) is 0 Å². The van der Waals surface area contributed by atoms with Gasteiger partial charge in [0.15, 0.2) is 6.61 Å². The largest absolute Gasteiger partial charge is 0.495 e. The van der Waals surface area contributed by atoms with Gasteiger partial charge in [0.25, 0.3) is 5.91 Å². The zero-order valence-electron chi connectivity index (χ0n) is 17.5. The lowest BCUT2D eigenvalue weighted by Crippen LogP contribution is -2.21. The lowest BCUT2D eigenvalue weighted by molar-refractivity contribution is -0.146. The standard InChI is InChI=1S/C24H19ClN2O4S2/c1-30-18-10-9-16(12-17(18)25)26-21(28)14-31-22(29)13-20-23(19-8-5-11-32-19)27-24(33-20)15-6-3-2-4-7-15/h2-12H,13-14H2,1H3,(H,26,28). The number of esters is 1. The number of nitrogens with zero attached hydrogens (tertiary/aromatic N) is 1. The maximum atomic E-state index is 12.5. The Morgan fingerprint density at radius 1 is 1.09 bits per heavy atom. The van der Waals surface area contributed by atoms with Crippen LogP contribution in [0, 0.1) is 0 Å². The monoisotopic (exact) mass is 498 g/mol. The van der Waals surface area contributed by atoms with Crippen molar-refractivity contribution in [3.8, 4) is 26.9 Å². The Labute approximate surface area is 203 Å². The molecule has 6 nitrogen and oxygen atoms in total. The predicted octanol–water partition coefficient (Wildman–Crippen LogP) is 5.93. The average molecular weight is 499 g/mol. The number of carbonyl (C=O) groups is 2. The Kier molecular flexibility index (Phi) is 7.39. The average Bonchev–Trinajstić information content (AvgIpc) is 3.49. The van der Waals surface area contributed by atoms with Crippen LogP contribution in [0.5, 0.6) is 5.75 Å². The van der Waals surface area contributed by atoms with Crippen LogP contribution >= 0.6 is 34.3 Å². The summed E-state index contributed by atoms with van der Waals surface area (Å²) >= 11 is 9.07. The van der Waals surface area contributed by atoms with Gasteiger partial charge < -0.3 is 14.8 Å². The van der Waals surface area contributed by atoms with E-state index in [0.29, 0.717) is 16.5 Å². The number of carbonyl (C=O) groups excluding carboxylic acids is 2. The first-order valence-corrected chi connectivity index (χ1v) is 12.0. The highest BCUT2D eigenvalue weighted by Gasteiger charge is 2.19. The van der Waals surface area contributed by atoms with Crippen molar-refractivity contribution in [3.63, 3.8) is 0 Å². The second-order valence-corrected chi connectivity index (χ2v) is 9.31. The molecular weight excluding hydrogens is 480 g/mol. The van der Waals surface area contributed by atoms with Crippen molar-refractivity contribution in [2.45, 2.75) is 6.42 Å². The molecular formula is C24H19ClN2O4S2. The van der Waals surface area contributed by atoms with E-state index in [0.717, 1.165) is 26.0 Å². The van der Waals surface area contributed by atoms with E-state index in [4.69, 9.17) is 26.1 Å². The molecule has 0 fully saturated rings. The Balaban J connectivity index is 1.41. The van der Waals surface area contributed by atoms with Crippen molar-refractivity contribution in [1.82, 2.24) is 4.98 Å². The number of rotatable bonds is 8. The number of hydrogen-bond donors (Lipinski definition) is 1. The summed E-state index contributed by atoms with van der Waals surface area (Å²) in [5.74, 6) is -0.460. The molecule has 9 heteroatoms. The predicted molar refractivity (Wildman–Crippen MR) is 132 cm³/mol. The summed E-state index contributed by atoms with van der Waals surface area (Å²) < 4.78 is 10.3. The number of hydrogen-bond acceptors (Lipinski definition) is 7. The van der Waals surface area contributed by atoms with Gasteiger partial charge in [-0.2, -0.15) is 0 Å². The van der Waals surface area contributed by atoms with E-state index in [1.165, 1.54) is 18.4 Å². The first-order chi connectivity index (χ1) is 16.0. The van der Waals surface area contributed by atoms with Gasteiger partial charge >= 0.3 is 5.97 Å². The molecule has 1 amide bonds. The third-order valence-electron chi connectivity index (χ3n) is 4.58. The third kappa shape index (κ3) is 5.78. The van der Waals surface area contributed by atoms with E-state index < -0.39 is 18.5 Å². The van der Waals surface area contributed by atoms with Crippen molar-refractivity contribution in [2.24, 2.45) is 0 Å². The van der Waals surface area contributed by atoms with Crippen molar-refractivity contribution in [3.05, 3.63) is 75.9 Å². The van der Waals surface area contributed by atoms with Crippen LogP contribution in [0.2, 0.25) is 5.02 Å². The number of thiophene rings is 1. The molecule has 0 aliphatic rings. The zero-order valence-corrected chi connectivity index (χ0v) is 19.9. The lowest BCUT2D eigenvalue weighted by Gasteiger charge is -2.08. The van der Waals surface area contributed by atoms with Gasteiger partial charge in [-0.3, -0.25) is 9.59 Å². The quantitative estimate of drug-likeness (QED) is 0.305. The number of nitrogens with one attached hydrogen (secondary N) is 1. The SMILES string of the molecule is COc1ccc(NC(=O)COC(=O)Cc2sc(-c3ccccc3)nc2-c2cccs2)cc1Cl. The van der Waals surface area contributed by atoms with E-state index in [2.05, 4.69) is 5.32 Å². The molecule has 2 aromatic carbocycles. The number of ether oxygens (including phenoxy) is 2. The Bertz CT molecular complexity index is 1260. The topological polar surface area (TPSA) is 77.5 Å². The molecule has 33 heavy (non-hydrogen) atoms. The zero-order chi connectivity index (χ0) is 23.2. The highest BCUT2D eigenvalue weighted by molar-refractivity contribution is 7.17. The van der Waals surface area contributed by atoms with Gasteiger partial charge in [0.1, 0.15) is 10.8 Å². The van der Waals surface area contributed by atoms with E-state index in [1.807, 2.05) is 47.8 Å². The first kappa shape index (κ1) is 23.0. The number of anilines is 1. The molecule has 1 N–H and O–H groups in total. The van der Waals surface area contributed by atoms with E-state index in [9.17, 15) is 9.59 Å². The summed E-state index contributed by atoms with van der Waals surface area (Å²) in [6.45, 7) is -0.402. The fourth-order valence-electron chi connectivity index (χ4n) is 3.05. The molecule has 0 saturated heterocycles. The molecule has 0 radical (unpaired) electrons. The molecule has 0 spiro atoms. The maximum Gasteiger partial charge on any atom is 0.311 e. The number of benzene rings is 2. The third-order valence-corrected chi connectivity index (χ3v) is 6.85. The van der Waals surface area contributed by atoms with E-state index >= 15 is 0 Å². The highest BCUT2D eigenvalue weighted by atomic mass is 35.5. The summed E-state index contributed by atoms with van der Waals surface area (Å²) in [7, 11) is 1.51. The summed E-state index contributed by atoms with van der Waals surface area (Å²) in [4.78, 5) is 31.3. The van der Waals surface area contributed by atoms with Gasteiger partial charge in [-0.05, 0) is 29.6 Å². The molecule has 0 unspecified atom stereocenters. The van der Waals surface area contributed by atoms with Crippen LogP contribution in [0.15, 0.2) is 66.0 Å². The number of methoxy groups -OCH3 is 1. The van der Waals surface area contributed by atoms with Crippen molar-refractivity contribution < 1.29 is 19.1 Å². The molecule has 4 rings (SSSR count). The maximum absolute atomic E-state index is 12.5. The molecule has 2 aromatic heterocycles. The summed E-state index contributed by atoms with van der Waals surface area (Å²) in [6.07, 6.45) is 0.0272. The van der Waals surface area contributed by atoms with Gasteiger partial charge in [-0.25, -0.2) is 4.98 Å². The Hall–Kier alpha value is -3.20. The number of halogens is 1. The van der Waals surface area contributed by atoms with Gasteiger partial charge in [-0.1, -0.05) is 48.0 Å². The van der Waals surface area contributed by atoms with Crippen LogP contribution < -0.4 is 10.1 Å². The Morgan fingerprint density at radius 3 is 2.61 bits per heavy atom. The summed E-state index contributed by atoms with van der Waals surface area (Å²) in [5, 5.41) is 5.81. The molecule has 0 aliphatic heterocycles. The lowest BCUT2D eigenvalue weighted by atomic mass is 10.2. The van der Waals surface area contributed by atoms with Crippen molar-refractivity contribution in [2.75, 3.05) is 19.0 Å². The molecule has 168 valence electrons. The molecule has 0 saturated carbocycles. The minimum Gasteiger partial charge on any atom is -0.495 e. The van der Waals surface area contributed by atoms with E-state index in [-0.39, 0.29) is 6.42 Å². The number of amides is 1. The van der Waals surface area contributed by atoms with Crippen molar-refractivity contribution >= 4 is 51.8 Å². The second-order valence-electron chi connectivity index (χ2n) is 6.87. The van der Waals surface area contributed by atoms with Crippen LogP contribution in [0.4, 0.5) is 5.69 Å². The normalized spacial score (nSPS) is 10.6. The first-order valence-electron chi connectivity index (χ1n) is 9.91. The van der Waals surface area contributed by atoms with E-state index in [1.54, 1.807) is 29.5 Å². The van der Waals surface area contributed by atoms with Gasteiger partial charge in [0.05, 0.1) is 29.1 Å². The smallest absolute Gasteiger partial charge is 0.311 e. The second kappa shape index (κ2) is 10.6. The van der Waals surface area contributed by atoms with Crippen LogP contribution in [0.3, 0.4) is 0 Å². The van der Waals surface area contributed by atoms with Crippen LogP contribution in [-0.4, -0.2) is 30.6 Å². The van der Waals surface area contributed by atoms with Crippen LogP contribution in [0.25, 0.3) is 21.1 Å². The number of thiazole rings is 1. The van der Waals surface area contributed by atoms with Gasteiger partial charge in [0, 0.05) is 16.1 Å². The molecule has 2 heterocycles. The summed E-state index contributed by atoms with van der Waals surface area (Å²) in [5.41, 5.74) is 2.23. The fraction of sp³-hybridized carbons (Fsp3) is 0.125. The van der Waals surface area contributed by atoms with Crippen LogP contribution in [-0.2, 0) is 20.7 Å². The highest BCUT2D eigenvalue weighted by Crippen LogP contribution is 2.36. The van der Waals surface area contributed by atoms with Crippen molar-refractivity contribution in [1.29, 1.82) is 0 Å². The molecule has 0 aliphatic carbocycles.